The highest BCUT2D eigenvalue weighted by Crippen LogP contribution is 2.22. The van der Waals surface area contributed by atoms with E-state index in [1.807, 2.05) is 11.8 Å². The van der Waals surface area contributed by atoms with Crippen molar-refractivity contribution in [2.45, 2.75) is 18.2 Å². The zero-order valence-corrected chi connectivity index (χ0v) is 20.6. The average Bonchev–Trinajstić information content (AvgIpc) is 3.09. The first-order chi connectivity index (χ1) is 16.7. The third kappa shape index (κ3) is 6.08. The summed E-state index contributed by atoms with van der Waals surface area (Å²) >= 11 is 5.73. The Morgan fingerprint density at radius 2 is 1.69 bits per heavy atom. The van der Waals surface area contributed by atoms with Gasteiger partial charge in [-0.1, -0.05) is 29.3 Å². The lowest BCUT2D eigenvalue weighted by atomic mass is 10.2. The first kappa shape index (κ1) is 24.9. The van der Waals surface area contributed by atoms with Gasteiger partial charge in [-0.3, -0.25) is 0 Å². The molecule has 0 radical (unpaired) electrons. The average molecular weight is 518 g/mol. The number of sulfonamides is 1. The van der Waals surface area contributed by atoms with Crippen molar-refractivity contribution in [3.63, 3.8) is 0 Å². The smallest absolute Gasteiger partial charge is 0.323 e. The van der Waals surface area contributed by atoms with E-state index in [0.29, 0.717) is 54.7 Å². The lowest BCUT2D eigenvalue weighted by Crippen LogP contribution is -2.35. The van der Waals surface area contributed by atoms with Crippen molar-refractivity contribution in [3.8, 4) is 0 Å². The first-order valence-electron chi connectivity index (χ1n) is 11.0. The van der Waals surface area contributed by atoms with E-state index >= 15 is 0 Å². The maximum atomic E-state index is 13.3. The topological polar surface area (TPSA) is 94.6 Å². The summed E-state index contributed by atoms with van der Waals surface area (Å²) < 4.78 is 40.8. The van der Waals surface area contributed by atoms with Gasteiger partial charge in [-0.05, 0) is 55.8 Å². The molecule has 1 fully saturated rings. The van der Waals surface area contributed by atoms with Gasteiger partial charge in [0.2, 0.25) is 10.0 Å². The predicted octanol–water partition coefficient (Wildman–Crippen LogP) is 4.73. The number of hydrogen-bond acceptors (Lipinski definition) is 5. The number of halogens is 2. The monoisotopic (exact) mass is 517 g/mol. The molecule has 1 aromatic heterocycles. The summed E-state index contributed by atoms with van der Waals surface area (Å²) in [5.74, 6) is 0.123. The second kappa shape index (κ2) is 10.6. The number of carbonyl (C=O) groups excluding carboxylic acids is 1. The Bertz CT molecular complexity index is 1300. The van der Waals surface area contributed by atoms with Gasteiger partial charge >= 0.3 is 6.03 Å². The zero-order chi connectivity index (χ0) is 25.0. The molecule has 4 rings (SSSR count). The standard InChI is InChI=1S/C24H25ClFN5O3S/c1-17-3-7-20(8-4-17)35(33,34)31-12-2-11-30(13-14-31)23-10-6-19(16-27-23)29-24(32)28-18-5-9-22(26)21(25)15-18/h3-10,15-16H,2,11-14H2,1H3,(H2,28,29,32). The van der Waals surface area contributed by atoms with E-state index in [2.05, 4.69) is 15.6 Å². The molecule has 0 saturated carbocycles. The summed E-state index contributed by atoms with van der Waals surface area (Å²) in [7, 11) is -3.56. The molecule has 3 aromatic rings. The molecule has 2 N–H and O–H groups in total. The third-order valence-corrected chi connectivity index (χ3v) is 7.82. The molecular weight excluding hydrogens is 493 g/mol. The van der Waals surface area contributed by atoms with Crippen LogP contribution in [0, 0.1) is 12.7 Å². The van der Waals surface area contributed by atoms with Gasteiger partial charge in [0.25, 0.3) is 0 Å². The fourth-order valence-electron chi connectivity index (χ4n) is 3.74. The van der Waals surface area contributed by atoms with E-state index in [9.17, 15) is 17.6 Å². The van der Waals surface area contributed by atoms with Crippen LogP contribution in [0.1, 0.15) is 12.0 Å². The summed E-state index contributed by atoms with van der Waals surface area (Å²) in [5.41, 5.74) is 1.83. The number of carbonyl (C=O) groups is 1. The highest BCUT2D eigenvalue weighted by Gasteiger charge is 2.27. The van der Waals surface area contributed by atoms with Crippen LogP contribution < -0.4 is 15.5 Å². The van der Waals surface area contributed by atoms with Crippen molar-refractivity contribution < 1.29 is 17.6 Å². The third-order valence-electron chi connectivity index (χ3n) is 5.62. The lowest BCUT2D eigenvalue weighted by Gasteiger charge is -2.23. The predicted molar refractivity (Wildman–Crippen MR) is 135 cm³/mol. The van der Waals surface area contributed by atoms with Gasteiger partial charge < -0.3 is 15.5 Å². The van der Waals surface area contributed by atoms with Crippen molar-refractivity contribution in [2.75, 3.05) is 41.7 Å². The molecule has 8 nitrogen and oxygen atoms in total. The molecule has 1 aliphatic heterocycles. The van der Waals surface area contributed by atoms with Gasteiger partial charge in [0.05, 0.1) is 21.8 Å². The maximum Gasteiger partial charge on any atom is 0.323 e. The molecule has 1 aliphatic rings. The molecule has 2 aromatic carbocycles. The Kier molecular flexibility index (Phi) is 7.54. The number of rotatable bonds is 5. The summed E-state index contributed by atoms with van der Waals surface area (Å²) in [6, 6.07) is 13.7. The molecular formula is C24H25ClFN5O3S. The summed E-state index contributed by atoms with van der Waals surface area (Å²) in [4.78, 5) is 19.0. The van der Waals surface area contributed by atoms with E-state index < -0.39 is 21.9 Å². The number of pyridine rings is 1. The Labute approximate surface area is 208 Å². The van der Waals surface area contributed by atoms with Crippen LogP contribution in [0.15, 0.2) is 65.7 Å². The van der Waals surface area contributed by atoms with Crippen LogP contribution in [0.2, 0.25) is 5.02 Å². The number of urea groups is 1. The van der Waals surface area contributed by atoms with E-state index in [4.69, 9.17) is 11.6 Å². The second-order valence-corrected chi connectivity index (χ2v) is 10.5. The van der Waals surface area contributed by atoms with Crippen LogP contribution >= 0.6 is 11.6 Å². The Morgan fingerprint density at radius 1 is 0.971 bits per heavy atom. The second-order valence-electron chi connectivity index (χ2n) is 8.17. The molecule has 2 heterocycles. The molecule has 0 aliphatic carbocycles. The number of amides is 2. The molecule has 11 heteroatoms. The number of hydrogen-bond donors (Lipinski definition) is 2. The van der Waals surface area contributed by atoms with Crippen molar-refractivity contribution in [1.29, 1.82) is 0 Å². The summed E-state index contributed by atoms with van der Waals surface area (Å²) in [6.07, 6.45) is 2.19. The molecule has 0 unspecified atom stereocenters. The first-order valence-corrected chi connectivity index (χ1v) is 12.8. The van der Waals surface area contributed by atoms with Gasteiger partial charge in [-0.25, -0.2) is 22.6 Å². The molecule has 2 amide bonds. The summed E-state index contributed by atoms with van der Waals surface area (Å²) in [5, 5.41) is 5.15. The van der Waals surface area contributed by atoms with Crippen molar-refractivity contribution >= 4 is 44.8 Å². The fraction of sp³-hybridized carbons (Fsp3) is 0.250. The van der Waals surface area contributed by atoms with Gasteiger partial charge in [-0.15, -0.1) is 0 Å². The molecule has 184 valence electrons. The van der Waals surface area contributed by atoms with E-state index in [1.54, 1.807) is 36.4 Å². The van der Waals surface area contributed by atoms with Crippen molar-refractivity contribution in [2.24, 2.45) is 0 Å². The number of nitrogens with one attached hydrogen (secondary N) is 2. The van der Waals surface area contributed by atoms with E-state index in [-0.39, 0.29) is 5.02 Å². The lowest BCUT2D eigenvalue weighted by molar-refractivity contribution is 0.262. The van der Waals surface area contributed by atoms with Gasteiger partial charge in [0, 0.05) is 31.9 Å². The van der Waals surface area contributed by atoms with Crippen LogP contribution in [0.25, 0.3) is 0 Å². The Balaban J connectivity index is 1.35. The molecule has 35 heavy (non-hydrogen) atoms. The SMILES string of the molecule is Cc1ccc(S(=O)(=O)N2CCCN(c3ccc(NC(=O)Nc4ccc(F)c(Cl)c4)cn3)CC2)cc1. The Morgan fingerprint density at radius 3 is 2.37 bits per heavy atom. The van der Waals surface area contributed by atoms with Gasteiger partial charge in [0.15, 0.2) is 0 Å². The quantitative estimate of drug-likeness (QED) is 0.510. The molecule has 0 spiro atoms. The molecule has 0 bridgehead atoms. The van der Waals surface area contributed by atoms with Crippen LogP contribution in [0.3, 0.4) is 0 Å². The molecule has 0 atom stereocenters. The fourth-order valence-corrected chi connectivity index (χ4v) is 5.39. The minimum absolute atomic E-state index is 0.0866. The number of nitrogens with zero attached hydrogens (tertiary/aromatic N) is 3. The normalized spacial score (nSPS) is 14.9. The molecule has 1 saturated heterocycles. The van der Waals surface area contributed by atoms with Gasteiger partial charge in [0.1, 0.15) is 11.6 Å². The number of benzene rings is 2. The number of aryl methyl sites for hydroxylation is 1. The minimum atomic E-state index is -3.56. The zero-order valence-electron chi connectivity index (χ0n) is 19.0. The maximum absolute atomic E-state index is 13.3. The van der Waals surface area contributed by atoms with Crippen LogP contribution in [0.5, 0.6) is 0 Å². The summed E-state index contributed by atoms with van der Waals surface area (Å²) in [6.45, 7) is 3.85. The number of anilines is 3. The highest BCUT2D eigenvalue weighted by atomic mass is 35.5. The Hall–Kier alpha value is -3.21. The number of aromatic nitrogens is 1. The van der Waals surface area contributed by atoms with Crippen molar-refractivity contribution in [1.82, 2.24) is 9.29 Å². The van der Waals surface area contributed by atoms with E-state index in [0.717, 1.165) is 5.56 Å². The van der Waals surface area contributed by atoms with Gasteiger partial charge in [-0.2, -0.15) is 4.31 Å². The minimum Gasteiger partial charge on any atom is -0.355 e. The van der Waals surface area contributed by atoms with Crippen molar-refractivity contribution in [3.05, 3.63) is 77.2 Å². The van der Waals surface area contributed by atoms with E-state index in [1.165, 1.54) is 28.7 Å². The van der Waals surface area contributed by atoms with Crippen LogP contribution in [0.4, 0.5) is 26.4 Å². The largest absolute Gasteiger partial charge is 0.355 e. The highest BCUT2D eigenvalue weighted by molar-refractivity contribution is 7.89. The van der Waals surface area contributed by atoms with Crippen LogP contribution in [-0.2, 0) is 10.0 Å². The van der Waals surface area contributed by atoms with Crippen LogP contribution in [-0.4, -0.2) is 49.9 Å².